The molecule has 5 heteroatoms. The summed E-state index contributed by atoms with van der Waals surface area (Å²) in [5.74, 6) is 0.0316. The lowest BCUT2D eigenvalue weighted by Crippen LogP contribution is -2.49. The van der Waals surface area contributed by atoms with Gasteiger partial charge in [-0.15, -0.1) is 0 Å². The van der Waals surface area contributed by atoms with Gasteiger partial charge in [0.05, 0.1) is 25.7 Å². The molecule has 0 aromatic rings. The smallest absolute Gasteiger partial charge is 0.305 e. The average molecular weight is 283 g/mol. The summed E-state index contributed by atoms with van der Waals surface area (Å²) in [6.07, 6.45) is 7.90. The number of carbonyl (C=O) groups is 2. The van der Waals surface area contributed by atoms with E-state index in [0.29, 0.717) is 26.2 Å². The third kappa shape index (κ3) is 4.47. The van der Waals surface area contributed by atoms with Crippen molar-refractivity contribution < 1.29 is 19.4 Å². The number of carbonyl (C=O) groups excluding carboxylic acids is 1. The molecule has 2 aliphatic rings. The first kappa shape index (κ1) is 15.3. The van der Waals surface area contributed by atoms with Gasteiger partial charge in [-0.2, -0.15) is 0 Å². The van der Waals surface area contributed by atoms with Crippen LogP contribution < -0.4 is 0 Å². The van der Waals surface area contributed by atoms with Gasteiger partial charge in [-0.1, -0.05) is 25.7 Å². The first-order valence-electron chi connectivity index (χ1n) is 7.76. The molecule has 1 atom stereocenters. The fraction of sp³-hybridized carbons (Fsp3) is 0.867. The van der Waals surface area contributed by atoms with Gasteiger partial charge < -0.3 is 14.7 Å². The number of morpholine rings is 1. The molecular weight excluding hydrogens is 258 g/mol. The number of hydrogen-bond acceptors (Lipinski definition) is 3. The van der Waals surface area contributed by atoms with Crippen molar-refractivity contribution in [2.45, 2.75) is 57.4 Å². The summed E-state index contributed by atoms with van der Waals surface area (Å²) in [5.41, 5.74) is 0. The third-order valence-corrected chi connectivity index (χ3v) is 4.44. The minimum absolute atomic E-state index is 0.0195. The summed E-state index contributed by atoms with van der Waals surface area (Å²) in [5, 5.41) is 8.89. The Kier molecular flexibility index (Phi) is 5.83. The Morgan fingerprint density at radius 1 is 1.25 bits per heavy atom. The number of hydrogen-bond donors (Lipinski definition) is 1. The van der Waals surface area contributed by atoms with E-state index in [4.69, 9.17) is 9.84 Å². The second kappa shape index (κ2) is 7.62. The maximum atomic E-state index is 12.2. The highest BCUT2D eigenvalue weighted by Crippen LogP contribution is 2.29. The van der Waals surface area contributed by atoms with Crippen LogP contribution in [0.5, 0.6) is 0 Å². The zero-order valence-corrected chi connectivity index (χ0v) is 12.1. The SMILES string of the molecule is O=C(O)CC1COCCN1C(=O)CCCC1CCCC1. The normalized spacial score (nSPS) is 24.0. The molecule has 0 bridgehead atoms. The first-order chi connectivity index (χ1) is 9.66. The average Bonchev–Trinajstić information content (AvgIpc) is 2.91. The summed E-state index contributed by atoms with van der Waals surface area (Å²) in [6, 6.07) is -0.291. The Bertz CT molecular complexity index is 339. The van der Waals surface area contributed by atoms with Gasteiger partial charge in [0.2, 0.25) is 5.91 Å². The van der Waals surface area contributed by atoms with Gasteiger partial charge in [-0.25, -0.2) is 0 Å². The summed E-state index contributed by atoms with van der Waals surface area (Å²) in [4.78, 5) is 24.8. The van der Waals surface area contributed by atoms with Gasteiger partial charge >= 0.3 is 5.97 Å². The predicted octanol–water partition coefficient (Wildman–Crippen LogP) is 2.05. The number of nitrogens with zero attached hydrogens (tertiary/aromatic N) is 1. The lowest BCUT2D eigenvalue weighted by Gasteiger charge is -2.35. The minimum atomic E-state index is -0.871. The van der Waals surface area contributed by atoms with E-state index in [1.54, 1.807) is 4.90 Å². The van der Waals surface area contributed by atoms with Gasteiger partial charge in [-0.05, 0) is 18.8 Å². The molecule has 1 amide bonds. The Labute approximate surface area is 120 Å². The second-order valence-corrected chi connectivity index (χ2v) is 5.96. The van der Waals surface area contributed by atoms with Crippen LogP contribution >= 0.6 is 0 Å². The number of rotatable bonds is 6. The van der Waals surface area contributed by atoms with Crippen molar-refractivity contribution in [1.82, 2.24) is 4.90 Å². The first-order valence-corrected chi connectivity index (χ1v) is 7.76. The van der Waals surface area contributed by atoms with E-state index in [1.165, 1.54) is 25.7 Å². The zero-order chi connectivity index (χ0) is 14.4. The van der Waals surface area contributed by atoms with Crippen LogP contribution in [0.3, 0.4) is 0 Å². The van der Waals surface area contributed by atoms with Crippen LogP contribution in [0, 0.1) is 5.92 Å². The zero-order valence-electron chi connectivity index (χ0n) is 12.1. The van der Waals surface area contributed by atoms with E-state index in [1.807, 2.05) is 0 Å². The van der Waals surface area contributed by atoms with Crippen LogP contribution in [0.4, 0.5) is 0 Å². The maximum Gasteiger partial charge on any atom is 0.305 e. The molecule has 0 aromatic carbocycles. The number of amides is 1. The van der Waals surface area contributed by atoms with Crippen LogP contribution in [-0.4, -0.2) is 47.7 Å². The molecule has 1 unspecified atom stereocenters. The van der Waals surface area contributed by atoms with Gasteiger partial charge in [0.1, 0.15) is 0 Å². The quantitative estimate of drug-likeness (QED) is 0.810. The molecule has 20 heavy (non-hydrogen) atoms. The lowest BCUT2D eigenvalue weighted by molar-refractivity contribution is -0.146. The van der Waals surface area contributed by atoms with Crippen molar-refractivity contribution in [2.75, 3.05) is 19.8 Å². The molecule has 2 fully saturated rings. The van der Waals surface area contributed by atoms with Gasteiger partial charge in [0.15, 0.2) is 0 Å². The number of aliphatic carboxylic acids is 1. The molecule has 114 valence electrons. The summed E-state index contributed by atoms with van der Waals surface area (Å²) in [7, 11) is 0. The highest BCUT2D eigenvalue weighted by molar-refractivity contribution is 5.77. The molecule has 1 saturated carbocycles. The molecule has 5 nitrogen and oxygen atoms in total. The summed E-state index contributed by atoms with van der Waals surface area (Å²) >= 11 is 0. The van der Waals surface area contributed by atoms with Crippen LogP contribution in [0.2, 0.25) is 0 Å². The Morgan fingerprint density at radius 2 is 2.00 bits per heavy atom. The highest BCUT2D eigenvalue weighted by Gasteiger charge is 2.28. The summed E-state index contributed by atoms with van der Waals surface area (Å²) in [6.45, 7) is 1.39. The van der Waals surface area contributed by atoms with Crippen molar-refractivity contribution in [1.29, 1.82) is 0 Å². The van der Waals surface area contributed by atoms with Crippen LogP contribution in [0.1, 0.15) is 51.4 Å². The van der Waals surface area contributed by atoms with Crippen molar-refractivity contribution in [3.63, 3.8) is 0 Å². The molecule has 1 saturated heterocycles. The van der Waals surface area contributed by atoms with Crippen LogP contribution in [0.25, 0.3) is 0 Å². The van der Waals surface area contributed by atoms with E-state index in [2.05, 4.69) is 0 Å². The van der Waals surface area contributed by atoms with E-state index < -0.39 is 5.97 Å². The monoisotopic (exact) mass is 283 g/mol. The van der Waals surface area contributed by atoms with E-state index in [0.717, 1.165) is 18.8 Å². The standard InChI is InChI=1S/C15H25NO4/c17-14(7-3-6-12-4-1-2-5-12)16-8-9-20-11-13(16)10-15(18)19/h12-13H,1-11H2,(H,18,19). The molecule has 0 radical (unpaired) electrons. The molecule has 1 aliphatic carbocycles. The number of carboxylic acids is 1. The largest absolute Gasteiger partial charge is 0.481 e. The van der Waals surface area contributed by atoms with E-state index in [-0.39, 0.29) is 18.4 Å². The topological polar surface area (TPSA) is 66.8 Å². The third-order valence-electron chi connectivity index (χ3n) is 4.44. The van der Waals surface area contributed by atoms with E-state index >= 15 is 0 Å². The van der Waals surface area contributed by atoms with Crippen molar-refractivity contribution in [3.05, 3.63) is 0 Å². The predicted molar refractivity (Wildman–Crippen MR) is 74.4 cm³/mol. The molecular formula is C15H25NO4. The van der Waals surface area contributed by atoms with Gasteiger partial charge in [-0.3, -0.25) is 9.59 Å². The van der Waals surface area contributed by atoms with Crippen molar-refractivity contribution in [2.24, 2.45) is 5.92 Å². The highest BCUT2D eigenvalue weighted by atomic mass is 16.5. The molecule has 1 heterocycles. The van der Waals surface area contributed by atoms with E-state index in [9.17, 15) is 9.59 Å². The fourth-order valence-corrected chi connectivity index (χ4v) is 3.34. The summed E-state index contributed by atoms with van der Waals surface area (Å²) < 4.78 is 5.29. The molecule has 1 N–H and O–H groups in total. The molecule has 0 spiro atoms. The molecule has 0 aromatic heterocycles. The molecule has 2 rings (SSSR count). The Balaban J connectivity index is 1.74. The fourth-order valence-electron chi connectivity index (χ4n) is 3.34. The molecule has 1 aliphatic heterocycles. The van der Waals surface area contributed by atoms with Crippen LogP contribution in [0.15, 0.2) is 0 Å². The second-order valence-electron chi connectivity index (χ2n) is 5.96. The Hall–Kier alpha value is -1.10. The van der Waals surface area contributed by atoms with Gasteiger partial charge in [0, 0.05) is 13.0 Å². The van der Waals surface area contributed by atoms with Crippen molar-refractivity contribution >= 4 is 11.9 Å². The Morgan fingerprint density at radius 3 is 2.70 bits per heavy atom. The number of carboxylic acid groups (broad SMARTS) is 1. The van der Waals surface area contributed by atoms with Crippen LogP contribution in [-0.2, 0) is 14.3 Å². The maximum absolute atomic E-state index is 12.2. The lowest BCUT2D eigenvalue weighted by atomic mass is 10.00. The van der Waals surface area contributed by atoms with Gasteiger partial charge in [0.25, 0.3) is 0 Å². The van der Waals surface area contributed by atoms with Crippen molar-refractivity contribution in [3.8, 4) is 0 Å². The number of ether oxygens (including phenoxy) is 1. The minimum Gasteiger partial charge on any atom is -0.481 e.